The highest BCUT2D eigenvalue weighted by atomic mass is 19.1. The number of ether oxygens (including phenoxy) is 2. The summed E-state index contributed by atoms with van der Waals surface area (Å²) < 4.78 is 26.0. The summed E-state index contributed by atoms with van der Waals surface area (Å²) in [6.45, 7) is 5.16. The molecule has 190 valence electrons. The molecule has 7 rings (SSSR count). The third kappa shape index (κ3) is 3.26. The number of cyclic esters (lactones) is 1. The lowest BCUT2D eigenvalue weighted by Crippen LogP contribution is -2.46. The fourth-order valence-electron chi connectivity index (χ4n) is 6.01. The van der Waals surface area contributed by atoms with Crippen LogP contribution in [0, 0.1) is 17.7 Å². The number of halogens is 1. The van der Waals surface area contributed by atoms with Crippen molar-refractivity contribution in [3.8, 4) is 11.8 Å². The highest BCUT2D eigenvalue weighted by molar-refractivity contribution is 6.14. The normalized spacial score (nSPS) is 23.6. The Labute approximate surface area is 211 Å². The Morgan fingerprint density at radius 1 is 1.27 bits per heavy atom. The SMILES string of the molecule is CNc1cc(F)cc2c1[nH]c1nc(Oc3cnc4c(c3)C(=O)OC4(C)C)nc(N3CC4CC(N)C4C3)c12. The molecule has 0 radical (unpaired) electrons. The fourth-order valence-corrected chi connectivity index (χ4v) is 6.01. The van der Waals surface area contributed by atoms with Crippen molar-refractivity contribution in [3.05, 3.63) is 41.5 Å². The lowest BCUT2D eigenvalue weighted by molar-refractivity contribution is 0.00831. The molecule has 3 atom stereocenters. The molecule has 5 heterocycles. The first-order valence-electron chi connectivity index (χ1n) is 12.3. The molecule has 2 fully saturated rings. The average Bonchev–Trinajstić information content (AvgIpc) is 3.46. The smallest absolute Gasteiger partial charge is 0.341 e. The molecular formula is C26H26FN7O3. The summed E-state index contributed by atoms with van der Waals surface area (Å²) in [7, 11) is 1.74. The summed E-state index contributed by atoms with van der Waals surface area (Å²) in [6, 6.07) is 4.81. The Hall–Kier alpha value is -3.99. The number of nitrogens with zero attached hydrogens (tertiary/aromatic N) is 4. The number of nitrogens with two attached hydrogens (primary N) is 1. The lowest BCUT2D eigenvalue weighted by Gasteiger charge is -2.36. The molecule has 1 aromatic carbocycles. The number of pyridine rings is 1. The monoisotopic (exact) mass is 503 g/mol. The van der Waals surface area contributed by atoms with Crippen molar-refractivity contribution < 1.29 is 18.7 Å². The van der Waals surface area contributed by atoms with E-state index in [0.717, 1.165) is 30.4 Å². The number of carbonyl (C=O) groups is 1. The maximum Gasteiger partial charge on any atom is 0.341 e. The van der Waals surface area contributed by atoms with Crippen molar-refractivity contribution in [3.63, 3.8) is 0 Å². The molecule has 10 nitrogen and oxygen atoms in total. The van der Waals surface area contributed by atoms with Crippen LogP contribution < -0.4 is 20.7 Å². The van der Waals surface area contributed by atoms with E-state index in [1.807, 2.05) is 0 Å². The van der Waals surface area contributed by atoms with E-state index in [1.54, 1.807) is 27.0 Å². The third-order valence-corrected chi connectivity index (χ3v) is 7.88. The van der Waals surface area contributed by atoms with Gasteiger partial charge >= 0.3 is 12.0 Å². The van der Waals surface area contributed by atoms with Gasteiger partial charge in [0.05, 0.1) is 34.0 Å². The van der Waals surface area contributed by atoms with Crippen molar-refractivity contribution in [1.29, 1.82) is 0 Å². The molecule has 2 aliphatic heterocycles. The molecule has 1 saturated carbocycles. The van der Waals surface area contributed by atoms with Crippen LogP contribution >= 0.6 is 0 Å². The zero-order valence-electron chi connectivity index (χ0n) is 20.6. The molecular weight excluding hydrogens is 477 g/mol. The molecule has 37 heavy (non-hydrogen) atoms. The Balaban J connectivity index is 1.36. The standard InChI is InChI=1S/C26H26FN7O3/c1-26(2)21-15(24(35)37-26)7-13(8-30-21)36-25-32-22-19(14-5-12(27)6-18(29-3)20(14)31-22)23(33-25)34-9-11-4-17(28)16(11)10-34/h5-8,11,16-17,29H,4,9-10,28H2,1-3H3,(H,31,32,33). The predicted molar refractivity (Wildman–Crippen MR) is 135 cm³/mol. The second kappa shape index (κ2) is 7.51. The van der Waals surface area contributed by atoms with Gasteiger partial charge in [-0.05, 0) is 50.3 Å². The van der Waals surface area contributed by atoms with Crippen molar-refractivity contribution in [2.45, 2.75) is 31.9 Å². The van der Waals surface area contributed by atoms with Crippen LogP contribution in [0.25, 0.3) is 21.9 Å². The summed E-state index contributed by atoms with van der Waals surface area (Å²) in [6.07, 6.45) is 2.52. The molecule has 0 bridgehead atoms. The van der Waals surface area contributed by atoms with Gasteiger partial charge in [-0.3, -0.25) is 4.98 Å². The van der Waals surface area contributed by atoms with E-state index in [1.165, 1.54) is 18.3 Å². The highest BCUT2D eigenvalue weighted by Gasteiger charge is 2.46. The van der Waals surface area contributed by atoms with Gasteiger partial charge in [0.25, 0.3) is 0 Å². The lowest BCUT2D eigenvalue weighted by atomic mass is 9.72. The number of aromatic amines is 1. The summed E-state index contributed by atoms with van der Waals surface area (Å²) in [5.74, 6) is 1.09. The van der Waals surface area contributed by atoms with E-state index in [-0.39, 0.29) is 17.9 Å². The second-order valence-electron chi connectivity index (χ2n) is 10.6. The number of hydrogen-bond donors (Lipinski definition) is 3. The van der Waals surface area contributed by atoms with Crippen LogP contribution in [-0.4, -0.2) is 52.1 Å². The maximum atomic E-state index is 14.6. The minimum atomic E-state index is -0.797. The second-order valence-corrected chi connectivity index (χ2v) is 10.6. The van der Waals surface area contributed by atoms with Crippen LogP contribution in [0.5, 0.6) is 11.8 Å². The number of esters is 1. The van der Waals surface area contributed by atoms with Gasteiger partial charge in [-0.25, -0.2) is 9.18 Å². The third-order valence-electron chi connectivity index (χ3n) is 7.88. The Morgan fingerprint density at radius 3 is 2.86 bits per heavy atom. The van der Waals surface area contributed by atoms with E-state index in [9.17, 15) is 9.18 Å². The number of hydrogen-bond acceptors (Lipinski definition) is 9. The van der Waals surface area contributed by atoms with Gasteiger partial charge in [0, 0.05) is 31.6 Å². The first-order chi connectivity index (χ1) is 17.7. The number of rotatable bonds is 4. The molecule has 3 unspecified atom stereocenters. The fraction of sp³-hybridized carbons (Fsp3) is 0.385. The maximum absolute atomic E-state index is 14.6. The van der Waals surface area contributed by atoms with Crippen LogP contribution in [0.1, 0.15) is 36.3 Å². The van der Waals surface area contributed by atoms with Crippen molar-refractivity contribution >= 4 is 39.4 Å². The summed E-state index contributed by atoms with van der Waals surface area (Å²) >= 11 is 0. The summed E-state index contributed by atoms with van der Waals surface area (Å²) in [5, 5.41) is 4.46. The number of benzene rings is 1. The van der Waals surface area contributed by atoms with Gasteiger partial charge in [0.1, 0.15) is 28.6 Å². The first kappa shape index (κ1) is 22.2. The topological polar surface area (TPSA) is 131 Å². The number of anilines is 2. The summed E-state index contributed by atoms with van der Waals surface area (Å²) in [4.78, 5) is 31.7. The molecule has 0 spiro atoms. The zero-order valence-corrected chi connectivity index (χ0v) is 20.6. The Bertz CT molecular complexity index is 1620. The van der Waals surface area contributed by atoms with Crippen molar-refractivity contribution in [2.24, 2.45) is 17.6 Å². The molecule has 3 aliphatic rings. The molecule has 4 aromatic rings. The quantitative estimate of drug-likeness (QED) is 0.357. The molecule has 1 saturated heterocycles. The molecule has 4 N–H and O–H groups in total. The van der Waals surface area contributed by atoms with Crippen molar-refractivity contribution in [1.82, 2.24) is 19.9 Å². The van der Waals surface area contributed by atoms with Gasteiger partial charge in [-0.15, -0.1) is 0 Å². The summed E-state index contributed by atoms with van der Waals surface area (Å²) in [5.41, 5.74) is 8.25. The van der Waals surface area contributed by atoms with E-state index >= 15 is 0 Å². The van der Waals surface area contributed by atoms with Gasteiger partial charge in [0.15, 0.2) is 0 Å². The van der Waals surface area contributed by atoms with Crippen LogP contribution in [0.2, 0.25) is 0 Å². The molecule has 1 aliphatic carbocycles. The van der Waals surface area contributed by atoms with E-state index in [4.69, 9.17) is 20.2 Å². The van der Waals surface area contributed by atoms with E-state index in [0.29, 0.717) is 51.4 Å². The molecule has 11 heteroatoms. The van der Waals surface area contributed by atoms with Crippen LogP contribution in [-0.2, 0) is 10.3 Å². The number of aromatic nitrogens is 4. The van der Waals surface area contributed by atoms with Crippen molar-refractivity contribution in [2.75, 3.05) is 30.4 Å². The highest BCUT2D eigenvalue weighted by Crippen LogP contribution is 2.44. The number of H-pyrrole nitrogens is 1. The van der Waals surface area contributed by atoms with Gasteiger partial charge in [-0.1, -0.05) is 0 Å². The van der Waals surface area contributed by atoms with Gasteiger partial charge in [0.2, 0.25) is 0 Å². The molecule has 0 amide bonds. The molecule has 3 aromatic heterocycles. The van der Waals surface area contributed by atoms with Crippen LogP contribution in [0.3, 0.4) is 0 Å². The largest absolute Gasteiger partial charge is 0.449 e. The van der Waals surface area contributed by atoms with Crippen LogP contribution in [0.15, 0.2) is 24.4 Å². The number of nitrogens with one attached hydrogen (secondary N) is 2. The van der Waals surface area contributed by atoms with E-state index in [2.05, 4.69) is 25.2 Å². The zero-order chi connectivity index (χ0) is 25.6. The average molecular weight is 504 g/mol. The van der Waals surface area contributed by atoms with Gasteiger partial charge in [-0.2, -0.15) is 9.97 Å². The minimum absolute atomic E-state index is 0.0939. The van der Waals surface area contributed by atoms with Gasteiger partial charge < -0.3 is 30.4 Å². The minimum Gasteiger partial charge on any atom is -0.449 e. The van der Waals surface area contributed by atoms with E-state index < -0.39 is 11.6 Å². The predicted octanol–water partition coefficient (Wildman–Crippen LogP) is 3.67. The Morgan fingerprint density at radius 2 is 2.11 bits per heavy atom. The number of carbonyl (C=O) groups excluding carboxylic acids is 1. The first-order valence-corrected chi connectivity index (χ1v) is 12.3. The van der Waals surface area contributed by atoms with Crippen LogP contribution in [0.4, 0.5) is 15.9 Å². The Kier molecular flexibility index (Phi) is 4.51. The number of fused-ring (bicyclic) bond motifs is 5.